The molecule has 0 heterocycles. The normalized spacial score (nSPS) is 25.2. The number of rotatable bonds is 5. The number of carboxylic acids is 1. The van der Waals surface area contributed by atoms with Crippen molar-refractivity contribution in [1.29, 1.82) is 0 Å². The molecule has 0 aromatic heterocycles. The SMILES string of the molecule is CC1CCCCC1NC(=O)NCC[C@H](O)C(=O)O. The van der Waals surface area contributed by atoms with E-state index in [2.05, 4.69) is 17.6 Å². The number of aliphatic carboxylic acids is 1. The van der Waals surface area contributed by atoms with Crippen LogP contribution >= 0.6 is 0 Å². The molecule has 1 rings (SSSR count). The van der Waals surface area contributed by atoms with Crippen LogP contribution in [0.1, 0.15) is 39.0 Å². The van der Waals surface area contributed by atoms with Crippen molar-refractivity contribution in [2.24, 2.45) is 5.92 Å². The van der Waals surface area contributed by atoms with Crippen LogP contribution in [0.2, 0.25) is 0 Å². The topological polar surface area (TPSA) is 98.7 Å². The second-order valence-electron chi connectivity index (χ2n) is 4.91. The van der Waals surface area contributed by atoms with E-state index >= 15 is 0 Å². The zero-order valence-electron chi connectivity index (χ0n) is 10.7. The van der Waals surface area contributed by atoms with Crippen LogP contribution in [0.4, 0.5) is 4.79 Å². The van der Waals surface area contributed by atoms with Gasteiger partial charge in [-0.15, -0.1) is 0 Å². The Morgan fingerprint density at radius 3 is 2.61 bits per heavy atom. The minimum Gasteiger partial charge on any atom is -0.479 e. The predicted octanol–water partition coefficient (Wildman–Crippen LogP) is 0.700. The summed E-state index contributed by atoms with van der Waals surface area (Å²) < 4.78 is 0. The lowest BCUT2D eigenvalue weighted by Crippen LogP contribution is -2.46. The summed E-state index contributed by atoms with van der Waals surface area (Å²) in [7, 11) is 0. The highest BCUT2D eigenvalue weighted by Crippen LogP contribution is 2.23. The van der Waals surface area contributed by atoms with E-state index in [9.17, 15) is 9.59 Å². The Morgan fingerprint density at radius 1 is 1.33 bits per heavy atom. The zero-order chi connectivity index (χ0) is 13.5. The van der Waals surface area contributed by atoms with Crippen LogP contribution in [0.3, 0.4) is 0 Å². The smallest absolute Gasteiger partial charge is 0.332 e. The largest absolute Gasteiger partial charge is 0.479 e. The van der Waals surface area contributed by atoms with Crippen LogP contribution in [0.15, 0.2) is 0 Å². The van der Waals surface area contributed by atoms with Crippen molar-refractivity contribution in [1.82, 2.24) is 10.6 Å². The Balaban J connectivity index is 2.19. The van der Waals surface area contributed by atoms with Crippen molar-refractivity contribution in [2.75, 3.05) is 6.54 Å². The predicted molar refractivity (Wildman–Crippen MR) is 66.2 cm³/mol. The summed E-state index contributed by atoms with van der Waals surface area (Å²) in [5, 5.41) is 23.0. The van der Waals surface area contributed by atoms with E-state index in [4.69, 9.17) is 10.2 Å². The lowest BCUT2D eigenvalue weighted by Gasteiger charge is -2.29. The van der Waals surface area contributed by atoms with Gasteiger partial charge in [-0.05, 0) is 18.8 Å². The van der Waals surface area contributed by atoms with Crippen LogP contribution in [0.25, 0.3) is 0 Å². The first-order chi connectivity index (χ1) is 8.50. The minimum absolute atomic E-state index is 0.0168. The van der Waals surface area contributed by atoms with Crippen LogP contribution in [-0.4, -0.2) is 40.9 Å². The molecule has 0 radical (unpaired) electrons. The first kappa shape index (κ1) is 14.8. The lowest BCUT2D eigenvalue weighted by molar-refractivity contribution is -0.146. The summed E-state index contributed by atoms with van der Waals surface area (Å²) in [6, 6.07) is -0.0884. The monoisotopic (exact) mass is 258 g/mol. The third kappa shape index (κ3) is 4.91. The van der Waals surface area contributed by atoms with Gasteiger partial charge in [0.2, 0.25) is 0 Å². The number of carbonyl (C=O) groups excluding carboxylic acids is 1. The van der Waals surface area contributed by atoms with Crippen molar-refractivity contribution >= 4 is 12.0 Å². The van der Waals surface area contributed by atoms with E-state index in [1.54, 1.807) is 0 Å². The van der Waals surface area contributed by atoms with E-state index in [-0.39, 0.29) is 25.0 Å². The maximum absolute atomic E-state index is 11.6. The van der Waals surface area contributed by atoms with Crippen LogP contribution in [-0.2, 0) is 4.79 Å². The number of amides is 2. The molecule has 1 aliphatic rings. The average molecular weight is 258 g/mol. The average Bonchev–Trinajstić information content (AvgIpc) is 2.32. The summed E-state index contributed by atoms with van der Waals surface area (Å²) in [6.45, 7) is 2.28. The van der Waals surface area contributed by atoms with E-state index < -0.39 is 12.1 Å². The zero-order valence-corrected chi connectivity index (χ0v) is 10.7. The summed E-state index contributed by atoms with van der Waals surface area (Å²) in [6.07, 6.45) is 3.07. The fourth-order valence-corrected chi connectivity index (χ4v) is 2.20. The fourth-order valence-electron chi connectivity index (χ4n) is 2.20. The van der Waals surface area contributed by atoms with E-state index in [0.717, 1.165) is 19.3 Å². The number of nitrogens with one attached hydrogen (secondary N) is 2. The molecule has 0 aromatic carbocycles. The van der Waals surface area contributed by atoms with Crippen molar-refractivity contribution in [3.05, 3.63) is 0 Å². The molecule has 0 spiro atoms. The van der Waals surface area contributed by atoms with Gasteiger partial charge in [0.15, 0.2) is 6.10 Å². The third-order valence-corrected chi connectivity index (χ3v) is 3.42. The van der Waals surface area contributed by atoms with Gasteiger partial charge in [-0.1, -0.05) is 19.8 Å². The molecule has 104 valence electrons. The van der Waals surface area contributed by atoms with Crippen LogP contribution < -0.4 is 10.6 Å². The minimum atomic E-state index is -1.42. The molecule has 3 atom stereocenters. The van der Waals surface area contributed by atoms with E-state index in [0.29, 0.717) is 5.92 Å². The molecule has 0 saturated heterocycles. The maximum Gasteiger partial charge on any atom is 0.332 e. The Labute approximate surface area is 107 Å². The quantitative estimate of drug-likeness (QED) is 0.583. The number of aliphatic hydroxyl groups is 1. The number of urea groups is 1. The highest BCUT2D eigenvalue weighted by molar-refractivity contribution is 5.74. The number of hydrogen-bond acceptors (Lipinski definition) is 3. The van der Waals surface area contributed by atoms with E-state index in [1.807, 2.05) is 0 Å². The Kier molecular flexibility index (Phi) is 5.91. The molecular formula is C12H22N2O4. The van der Waals surface area contributed by atoms with Crippen LogP contribution in [0, 0.1) is 5.92 Å². The third-order valence-electron chi connectivity index (χ3n) is 3.42. The highest BCUT2D eigenvalue weighted by atomic mass is 16.4. The molecule has 1 fully saturated rings. The summed E-state index contributed by atoms with van der Waals surface area (Å²) >= 11 is 0. The molecular weight excluding hydrogens is 236 g/mol. The molecule has 2 unspecified atom stereocenters. The van der Waals surface area contributed by atoms with Gasteiger partial charge in [-0.25, -0.2) is 9.59 Å². The first-order valence-electron chi connectivity index (χ1n) is 6.46. The van der Waals surface area contributed by atoms with Crippen LogP contribution in [0.5, 0.6) is 0 Å². The standard InChI is InChI=1S/C12H22N2O4/c1-8-4-2-3-5-9(8)14-12(18)13-7-6-10(15)11(16)17/h8-10,15H,2-7H2,1H3,(H,16,17)(H2,13,14,18)/t8?,9?,10-/m0/s1. The number of carboxylic acid groups (broad SMARTS) is 1. The summed E-state index contributed by atoms with van der Waals surface area (Å²) in [5.41, 5.74) is 0. The number of carbonyl (C=O) groups is 2. The summed E-state index contributed by atoms with van der Waals surface area (Å²) in [5.74, 6) is -0.785. The molecule has 2 amide bonds. The lowest BCUT2D eigenvalue weighted by atomic mass is 9.86. The van der Waals surface area contributed by atoms with Crippen molar-refractivity contribution < 1.29 is 19.8 Å². The first-order valence-corrected chi connectivity index (χ1v) is 6.46. The molecule has 0 bridgehead atoms. The molecule has 18 heavy (non-hydrogen) atoms. The number of hydrogen-bond donors (Lipinski definition) is 4. The van der Waals surface area contributed by atoms with Gasteiger partial charge in [0.05, 0.1) is 0 Å². The summed E-state index contributed by atoms with van der Waals surface area (Å²) in [4.78, 5) is 21.9. The Hall–Kier alpha value is -1.30. The van der Waals surface area contributed by atoms with Gasteiger partial charge in [-0.2, -0.15) is 0 Å². The number of aliphatic hydroxyl groups excluding tert-OH is 1. The Bertz CT molecular complexity index is 296. The maximum atomic E-state index is 11.6. The van der Waals surface area contributed by atoms with Gasteiger partial charge in [0.25, 0.3) is 0 Å². The van der Waals surface area contributed by atoms with Crippen molar-refractivity contribution in [3.63, 3.8) is 0 Å². The molecule has 4 N–H and O–H groups in total. The van der Waals surface area contributed by atoms with Gasteiger partial charge < -0.3 is 20.8 Å². The van der Waals surface area contributed by atoms with Gasteiger partial charge >= 0.3 is 12.0 Å². The molecule has 1 saturated carbocycles. The van der Waals surface area contributed by atoms with Gasteiger partial charge in [0, 0.05) is 19.0 Å². The van der Waals surface area contributed by atoms with Gasteiger partial charge in [0.1, 0.15) is 0 Å². The molecule has 0 aromatic rings. The van der Waals surface area contributed by atoms with Crippen molar-refractivity contribution in [3.8, 4) is 0 Å². The highest BCUT2D eigenvalue weighted by Gasteiger charge is 2.22. The second kappa shape index (κ2) is 7.20. The van der Waals surface area contributed by atoms with Gasteiger partial charge in [-0.3, -0.25) is 0 Å². The van der Waals surface area contributed by atoms with E-state index in [1.165, 1.54) is 6.42 Å². The fraction of sp³-hybridized carbons (Fsp3) is 0.833. The molecule has 6 heteroatoms. The molecule has 0 aliphatic heterocycles. The Morgan fingerprint density at radius 2 is 2.00 bits per heavy atom. The molecule has 6 nitrogen and oxygen atoms in total. The van der Waals surface area contributed by atoms with Crippen molar-refractivity contribution in [2.45, 2.75) is 51.2 Å². The molecule has 1 aliphatic carbocycles. The second-order valence-corrected chi connectivity index (χ2v) is 4.91.